The van der Waals surface area contributed by atoms with Crippen molar-refractivity contribution in [3.8, 4) is 11.8 Å². The van der Waals surface area contributed by atoms with Gasteiger partial charge in [0.05, 0.1) is 11.7 Å². The summed E-state index contributed by atoms with van der Waals surface area (Å²) in [6.45, 7) is 1.67. The molecule has 3 rings (SSSR count). The van der Waals surface area contributed by atoms with Crippen LogP contribution in [0, 0.1) is 17.8 Å². The molecule has 0 aliphatic carbocycles. The van der Waals surface area contributed by atoms with Crippen molar-refractivity contribution < 1.29 is 4.74 Å². The number of nitrogens with one attached hydrogen (secondary N) is 1. The fourth-order valence-electron chi connectivity index (χ4n) is 2.08. The topological polar surface area (TPSA) is 37.9 Å². The molecule has 1 aliphatic rings. The van der Waals surface area contributed by atoms with Crippen LogP contribution in [0.15, 0.2) is 22.8 Å². The van der Waals surface area contributed by atoms with E-state index in [2.05, 4.69) is 38.0 Å². The number of aromatic nitrogens is 2. The first-order valence-corrected chi connectivity index (χ1v) is 6.84. The lowest BCUT2D eigenvalue weighted by molar-refractivity contribution is 0.0807. The lowest BCUT2D eigenvalue weighted by Crippen LogP contribution is -2.13. The Morgan fingerprint density at radius 1 is 1.33 bits per heavy atom. The predicted molar refractivity (Wildman–Crippen MR) is 74.2 cm³/mol. The van der Waals surface area contributed by atoms with Crippen LogP contribution in [0.2, 0.25) is 0 Å². The molecule has 0 amide bonds. The molecule has 0 unspecified atom stereocenters. The molecule has 4 heteroatoms. The molecule has 1 saturated heterocycles. The molecule has 0 saturated carbocycles. The molecule has 0 atom stereocenters. The Bertz CT molecular complexity index is 617. The summed E-state index contributed by atoms with van der Waals surface area (Å²) in [6.07, 6.45) is 3.89. The number of rotatable bonds is 0. The molecule has 0 radical (unpaired) electrons. The minimum atomic E-state index is 0.461. The van der Waals surface area contributed by atoms with Crippen molar-refractivity contribution in [1.82, 2.24) is 10.2 Å². The van der Waals surface area contributed by atoms with E-state index in [1.54, 1.807) is 0 Å². The average Bonchev–Trinajstić information content (AvgIpc) is 2.84. The van der Waals surface area contributed by atoms with Crippen LogP contribution in [0.5, 0.6) is 0 Å². The number of hydrogen-bond acceptors (Lipinski definition) is 2. The van der Waals surface area contributed by atoms with Crippen LogP contribution in [0.1, 0.15) is 18.4 Å². The van der Waals surface area contributed by atoms with Gasteiger partial charge in [-0.1, -0.05) is 11.8 Å². The van der Waals surface area contributed by atoms with Gasteiger partial charge in [0.2, 0.25) is 0 Å². The number of H-pyrrole nitrogens is 1. The quantitative estimate of drug-likeness (QED) is 0.760. The number of aromatic amines is 1. The van der Waals surface area contributed by atoms with Crippen molar-refractivity contribution in [2.45, 2.75) is 12.8 Å². The van der Waals surface area contributed by atoms with Crippen LogP contribution >= 0.6 is 15.9 Å². The second-order valence-corrected chi connectivity index (χ2v) is 5.30. The smallest absolute Gasteiger partial charge is 0.0663 e. The van der Waals surface area contributed by atoms with E-state index in [0.717, 1.165) is 47.0 Å². The van der Waals surface area contributed by atoms with Gasteiger partial charge in [-0.15, -0.1) is 0 Å². The Kier molecular flexibility index (Phi) is 3.35. The second kappa shape index (κ2) is 5.13. The summed E-state index contributed by atoms with van der Waals surface area (Å²) < 4.78 is 6.36. The first kappa shape index (κ1) is 11.8. The van der Waals surface area contributed by atoms with Crippen molar-refractivity contribution in [1.29, 1.82) is 0 Å². The Labute approximate surface area is 114 Å². The maximum atomic E-state index is 5.33. The Balaban J connectivity index is 1.89. The summed E-state index contributed by atoms with van der Waals surface area (Å²) in [4.78, 5) is 0. The minimum absolute atomic E-state index is 0.461. The molecule has 1 N–H and O–H groups in total. The van der Waals surface area contributed by atoms with Gasteiger partial charge in [0.1, 0.15) is 0 Å². The molecule has 1 aromatic heterocycles. The van der Waals surface area contributed by atoms with E-state index >= 15 is 0 Å². The Hall–Kier alpha value is -1.31. The summed E-state index contributed by atoms with van der Waals surface area (Å²) >= 11 is 3.56. The van der Waals surface area contributed by atoms with Crippen LogP contribution in [-0.4, -0.2) is 23.4 Å². The van der Waals surface area contributed by atoms with Crippen LogP contribution in [0.3, 0.4) is 0 Å². The molecule has 1 aromatic carbocycles. The van der Waals surface area contributed by atoms with Crippen molar-refractivity contribution in [3.05, 3.63) is 28.4 Å². The van der Waals surface area contributed by atoms with Crippen LogP contribution < -0.4 is 0 Å². The average molecular weight is 305 g/mol. The number of nitrogens with zero attached hydrogens (tertiary/aromatic N) is 1. The van der Waals surface area contributed by atoms with E-state index in [4.69, 9.17) is 4.74 Å². The number of benzene rings is 1. The van der Waals surface area contributed by atoms with E-state index in [9.17, 15) is 0 Å². The first-order chi connectivity index (χ1) is 8.83. The van der Waals surface area contributed by atoms with E-state index in [1.165, 1.54) is 0 Å². The van der Waals surface area contributed by atoms with Gasteiger partial charge in [-0.3, -0.25) is 5.10 Å². The zero-order valence-electron chi connectivity index (χ0n) is 9.87. The van der Waals surface area contributed by atoms with E-state index in [-0.39, 0.29) is 0 Å². The van der Waals surface area contributed by atoms with Crippen molar-refractivity contribution in [2.75, 3.05) is 13.2 Å². The van der Waals surface area contributed by atoms with Gasteiger partial charge in [0, 0.05) is 34.6 Å². The van der Waals surface area contributed by atoms with Gasteiger partial charge in [-0.2, -0.15) is 5.10 Å². The minimum Gasteiger partial charge on any atom is -0.381 e. The number of fused-ring (bicyclic) bond motifs is 1. The van der Waals surface area contributed by atoms with Crippen molar-refractivity contribution in [3.63, 3.8) is 0 Å². The van der Waals surface area contributed by atoms with Gasteiger partial charge < -0.3 is 4.74 Å². The monoisotopic (exact) mass is 304 g/mol. The van der Waals surface area contributed by atoms with Gasteiger partial charge in [-0.25, -0.2) is 0 Å². The molecule has 0 bridgehead atoms. The highest BCUT2D eigenvalue weighted by Gasteiger charge is 2.10. The van der Waals surface area contributed by atoms with E-state index < -0.39 is 0 Å². The maximum absolute atomic E-state index is 5.33. The van der Waals surface area contributed by atoms with Gasteiger partial charge in [-0.05, 0) is 40.9 Å². The van der Waals surface area contributed by atoms with E-state index in [1.807, 2.05) is 18.3 Å². The number of ether oxygens (including phenoxy) is 1. The SMILES string of the molecule is Brc1cc2cn[nH]c2cc1C#CC1CCOCC1. The molecule has 92 valence electrons. The first-order valence-electron chi connectivity index (χ1n) is 6.05. The fourth-order valence-corrected chi connectivity index (χ4v) is 2.54. The van der Waals surface area contributed by atoms with Crippen LogP contribution in [0.4, 0.5) is 0 Å². The molecular formula is C14H13BrN2O. The zero-order chi connectivity index (χ0) is 12.4. The lowest BCUT2D eigenvalue weighted by Gasteiger charge is -2.16. The maximum Gasteiger partial charge on any atom is 0.0663 e. The van der Waals surface area contributed by atoms with Gasteiger partial charge >= 0.3 is 0 Å². The zero-order valence-corrected chi connectivity index (χ0v) is 11.5. The predicted octanol–water partition coefficient (Wildman–Crippen LogP) is 3.10. The molecule has 3 nitrogen and oxygen atoms in total. The highest BCUT2D eigenvalue weighted by molar-refractivity contribution is 9.10. The number of hydrogen-bond donors (Lipinski definition) is 1. The molecule has 1 fully saturated rings. The fraction of sp³-hybridized carbons (Fsp3) is 0.357. The third kappa shape index (κ3) is 2.43. The van der Waals surface area contributed by atoms with Crippen LogP contribution in [0.25, 0.3) is 10.9 Å². The Morgan fingerprint density at radius 3 is 3.00 bits per heavy atom. The highest BCUT2D eigenvalue weighted by atomic mass is 79.9. The third-order valence-corrected chi connectivity index (χ3v) is 3.82. The summed E-state index contributed by atoms with van der Waals surface area (Å²) in [7, 11) is 0. The van der Waals surface area contributed by atoms with Crippen molar-refractivity contribution in [2.24, 2.45) is 5.92 Å². The lowest BCUT2D eigenvalue weighted by atomic mass is 10.0. The highest BCUT2D eigenvalue weighted by Crippen LogP contribution is 2.23. The second-order valence-electron chi connectivity index (χ2n) is 4.45. The molecule has 0 spiro atoms. The summed E-state index contributed by atoms with van der Waals surface area (Å²) in [5.74, 6) is 7.07. The third-order valence-electron chi connectivity index (χ3n) is 3.16. The molecule has 2 heterocycles. The van der Waals surface area contributed by atoms with Gasteiger partial charge in [0.25, 0.3) is 0 Å². The summed E-state index contributed by atoms with van der Waals surface area (Å²) in [5.41, 5.74) is 2.03. The summed E-state index contributed by atoms with van der Waals surface area (Å²) in [6, 6.07) is 4.09. The summed E-state index contributed by atoms with van der Waals surface area (Å²) in [5, 5.41) is 8.09. The van der Waals surface area contributed by atoms with Gasteiger partial charge in [0.15, 0.2) is 0 Å². The molecule has 1 aliphatic heterocycles. The normalized spacial score (nSPS) is 16.5. The molecule has 18 heavy (non-hydrogen) atoms. The van der Waals surface area contributed by atoms with Crippen molar-refractivity contribution >= 4 is 26.8 Å². The Morgan fingerprint density at radius 2 is 2.17 bits per heavy atom. The molecule has 2 aromatic rings. The van der Waals surface area contributed by atoms with E-state index in [0.29, 0.717) is 5.92 Å². The number of halogens is 1. The molecular weight excluding hydrogens is 292 g/mol. The van der Waals surface area contributed by atoms with Crippen LogP contribution in [-0.2, 0) is 4.74 Å². The largest absolute Gasteiger partial charge is 0.381 e. The standard InChI is InChI=1S/C14H13BrN2O/c15-13-7-12-9-16-17-14(12)8-11(13)2-1-10-3-5-18-6-4-10/h7-10H,3-6H2,(H,16,17).